The number of carboxylic acids is 1. The molecule has 1 aromatic rings. The first-order chi connectivity index (χ1) is 9.51. The van der Waals surface area contributed by atoms with Gasteiger partial charge in [-0.25, -0.2) is 9.18 Å². The third-order valence-corrected chi connectivity index (χ3v) is 3.71. The summed E-state index contributed by atoms with van der Waals surface area (Å²) in [4.78, 5) is 21.7. The lowest BCUT2D eigenvalue weighted by Gasteiger charge is -2.26. The molecule has 1 fully saturated rings. The second kappa shape index (κ2) is 6.03. The highest BCUT2D eigenvalue weighted by Crippen LogP contribution is 2.29. The molecule has 2 rings (SSSR count). The number of ether oxygens (including phenoxy) is 1. The van der Waals surface area contributed by atoms with Crippen LogP contribution < -0.4 is 4.74 Å². The van der Waals surface area contributed by atoms with Gasteiger partial charge in [-0.05, 0) is 50.3 Å². The van der Waals surface area contributed by atoms with Crippen LogP contribution in [0.15, 0.2) is 12.1 Å². The SMILES string of the molecule is Cc1cc(F)c(OC2CCC(C=O)CC2)cc1C(=O)O. The summed E-state index contributed by atoms with van der Waals surface area (Å²) < 4.78 is 19.4. The predicted molar refractivity (Wildman–Crippen MR) is 70.5 cm³/mol. The lowest BCUT2D eigenvalue weighted by Crippen LogP contribution is -2.25. The molecular formula is C15H17FO4. The van der Waals surface area contributed by atoms with E-state index in [-0.39, 0.29) is 23.3 Å². The molecule has 1 aliphatic rings. The number of aromatic carboxylic acids is 1. The Kier molecular flexibility index (Phi) is 4.37. The summed E-state index contributed by atoms with van der Waals surface area (Å²) in [7, 11) is 0. The van der Waals surface area contributed by atoms with E-state index in [0.717, 1.165) is 19.1 Å². The van der Waals surface area contributed by atoms with Gasteiger partial charge < -0.3 is 14.6 Å². The highest BCUT2D eigenvalue weighted by molar-refractivity contribution is 5.89. The van der Waals surface area contributed by atoms with Crippen molar-refractivity contribution in [1.82, 2.24) is 0 Å². The van der Waals surface area contributed by atoms with Crippen molar-refractivity contribution in [2.45, 2.75) is 38.7 Å². The Morgan fingerprint density at radius 1 is 1.35 bits per heavy atom. The van der Waals surface area contributed by atoms with Crippen LogP contribution in [-0.2, 0) is 4.79 Å². The van der Waals surface area contributed by atoms with Gasteiger partial charge in [-0.3, -0.25) is 0 Å². The number of aryl methyl sites for hydroxylation is 1. The van der Waals surface area contributed by atoms with Crippen LogP contribution in [0.2, 0.25) is 0 Å². The highest BCUT2D eigenvalue weighted by atomic mass is 19.1. The molecule has 0 aromatic heterocycles. The summed E-state index contributed by atoms with van der Waals surface area (Å²) in [5, 5.41) is 9.04. The highest BCUT2D eigenvalue weighted by Gasteiger charge is 2.23. The molecule has 1 aliphatic carbocycles. The molecule has 5 heteroatoms. The molecule has 0 spiro atoms. The lowest BCUT2D eigenvalue weighted by molar-refractivity contribution is -0.112. The maximum atomic E-state index is 13.8. The summed E-state index contributed by atoms with van der Waals surface area (Å²) >= 11 is 0. The van der Waals surface area contributed by atoms with E-state index >= 15 is 0 Å². The molecule has 0 heterocycles. The molecular weight excluding hydrogens is 263 g/mol. The fourth-order valence-corrected chi connectivity index (χ4v) is 2.50. The molecule has 0 atom stereocenters. The van der Waals surface area contributed by atoms with E-state index in [1.807, 2.05) is 0 Å². The Bertz CT molecular complexity index is 519. The van der Waals surface area contributed by atoms with Gasteiger partial charge in [0, 0.05) is 5.92 Å². The number of benzene rings is 1. The molecule has 0 radical (unpaired) electrons. The molecule has 0 bridgehead atoms. The second-order valence-electron chi connectivity index (χ2n) is 5.19. The first kappa shape index (κ1) is 14.5. The van der Waals surface area contributed by atoms with Gasteiger partial charge in [0.05, 0.1) is 11.7 Å². The standard InChI is InChI=1S/C15H17FO4/c1-9-6-13(16)14(7-12(9)15(18)19)20-11-4-2-10(8-17)3-5-11/h6-8,10-11H,2-5H2,1H3,(H,18,19). The van der Waals surface area contributed by atoms with Crippen molar-refractivity contribution in [2.24, 2.45) is 5.92 Å². The molecule has 0 amide bonds. The number of hydrogen-bond acceptors (Lipinski definition) is 3. The van der Waals surface area contributed by atoms with Crippen molar-refractivity contribution < 1.29 is 23.8 Å². The molecule has 0 aliphatic heterocycles. The fraction of sp³-hybridized carbons (Fsp3) is 0.467. The fourth-order valence-electron chi connectivity index (χ4n) is 2.50. The zero-order valence-electron chi connectivity index (χ0n) is 11.3. The van der Waals surface area contributed by atoms with E-state index < -0.39 is 11.8 Å². The van der Waals surface area contributed by atoms with E-state index in [2.05, 4.69) is 0 Å². The molecule has 1 N–H and O–H groups in total. The predicted octanol–water partition coefficient (Wildman–Crippen LogP) is 2.97. The van der Waals surface area contributed by atoms with Crippen molar-refractivity contribution in [1.29, 1.82) is 0 Å². The van der Waals surface area contributed by atoms with Crippen molar-refractivity contribution in [2.75, 3.05) is 0 Å². The number of halogens is 1. The Hall–Kier alpha value is -1.91. The molecule has 108 valence electrons. The number of aldehydes is 1. The Morgan fingerprint density at radius 3 is 2.55 bits per heavy atom. The second-order valence-corrected chi connectivity index (χ2v) is 5.19. The van der Waals surface area contributed by atoms with E-state index in [9.17, 15) is 14.0 Å². The van der Waals surface area contributed by atoms with Crippen LogP contribution in [0, 0.1) is 18.7 Å². The van der Waals surface area contributed by atoms with Gasteiger partial charge in [-0.15, -0.1) is 0 Å². The van der Waals surface area contributed by atoms with Crippen LogP contribution in [0.3, 0.4) is 0 Å². The number of carbonyl (C=O) groups excluding carboxylic acids is 1. The average Bonchev–Trinajstić information content (AvgIpc) is 2.42. The van der Waals surface area contributed by atoms with Gasteiger partial charge in [-0.1, -0.05) is 0 Å². The minimum Gasteiger partial charge on any atom is -0.487 e. The van der Waals surface area contributed by atoms with E-state index in [1.165, 1.54) is 12.1 Å². The largest absolute Gasteiger partial charge is 0.487 e. The number of hydrogen-bond donors (Lipinski definition) is 1. The molecule has 1 aromatic carbocycles. The van der Waals surface area contributed by atoms with Gasteiger partial charge in [0.1, 0.15) is 6.29 Å². The monoisotopic (exact) mass is 280 g/mol. The lowest BCUT2D eigenvalue weighted by atomic mass is 9.88. The smallest absolute Gasteiger partial charge is 0.336 e. The van der Waals surface area contributed by atoms with Crippen molar-refractivity contribution >= 4 is 12.3 Å². The van der Waals surface area contributed by atoms with Crippen LogP contribution in [-0.4, -0.2) is 23.5 Å². The van der Waals surface area contributed by atoms with E-state index in [1.54, 1.807) is 6.92 Å². The minimum atomic E-state index is -1.10. The maximum Gasteiger partial charge on any atom is 0.336 e. The van der Waals surface area contributed by atoms with Crippen molar-refractivity contribution in [3.05, 3.63) is 29.1 Å². The zero-order chi connectivity index (χ0) is 14.7. The number of carbonyl (C=O) groups is 2. The topological polar surface area (TPSA) is 63.6 Å². The van der Waals surface area contributed by atoms with Gasteiger partial charge in [0.2, 0.25) is 0 Å². The average molecular weight is 280 g/mol. The molecule has 4 nitrogen and oxygen atoms in total. The van der Waals surface area contributed by atoms with Crippen LogP contribution in [0.25, 0.3) is 0 Å². The quantitative estimate of drug-likeness (QED) is 0.861. The molecule has 0 unspecified atom stereocenters. The molecule has 0 saturated heterocycles. The zero-order valence-corrected chi connectivity index (χ0v) is 11.3. The summed E-state index contributed by atoms with van der Waals surface area (Å²) in [6.45, 7) is 1.55. The normalized spacial score (nSPS) is 22.3. The van der Waals surface area contributed by atoms with Crippen molar-refractivity contribution in [3.8, 4) is 5.75 Å². The summed E-state index contributed by atoms with van der Waals surface area (Å²) in [6, 6.07) is 2.41. The van der Waals surface area contributed by atoms with Crippen molar-refractivity contribution in [3.63, 3.8) is 0 Å². The van der Waals surface area contributed by atoms with Gasteiger partial charge >= 0.3 is 5.97 Å². The molecule has 1 saturated carbocycles. The van der Waals surface area contributed by atoms with E-state index in [4.69, 9.17) is 9.84 Å². The van der Waals surface area contributed by atoms with Crippen LogP contribution in [0.5, 0.6) is 5.75 Å². The Balaban J connectivity index is 2.11. The van der Waals surface area contributed by atoms with Gasteiger partial charge in [0.15, 0.2) is 11.6 Å². The van der Waals surface area contributed by atoms with Gasteiger partial charge in [-0.2, -0.15) is 0 Å². The molecule has 20 heavy (non-hydrogen) atoms. The van der Waals surface area contributed by atoms with Crippen LogP contribution in [0.4, 0.5) is 4.39 Å². The third-order valence-electron chi connectivity index (χ3n) is 3.71. The number of rotatable bonds is 4. The van der Waals surface area contributed by atoms with E-state index in [0.29, 0.717) is 18.4 Å². The first-order valence-electron chi connectivity index (χ1n) is 6.66. The Labute approximate surface area is 116 Å². The number of carboxylic acid groups (broad SMARTS) is 1. The maximum absolute atomic E-state index is 13.8. The Morgan fingerprint density at radius 2 is 2.00 bits per heavy atom. The minimum absolute atomic E-state index is 0.0254. The summed E-state index contributed by atoms with van der Waals surface area (Å²) in [5.74, 6) is -1.61. The first-order valence-corrected chi connectivity index (χ1v) is 6.66. The third kappa shape index (κ3) is 3.15. The summed E-state index contributed by atoms with van der Waals surface area (Å²) in [6.07, 6.45) is 3.61. The van der Waals surface area contributed by atoms with Crippen LogP contribution >= 0.6 is 0 Å². The van der Waals surface area contributed by atoms with Crippen LogP contribution in [0.1, 0.15) is 41.6 Å². The summed E-state index contributed by atoms with van der Waals surface area (Å²) in [5.41, 5.74) is 0.412. The van der Waals surface area contributed by atoms with Gasteiger partial charge in [0.25, 0.3) is 0 Å².